The van der Waals surface area contributed by atoms with Crippen LogP contribution in [-0.4, -0.2) is 61.0 Å². The highest BCUT2D eigenvalue weighted by Crippen LogP contribution is 2.23. The number of benzene rings is 2. The molecule has 4 N–H and O–H groups in total. The van der Waals surface area contributed by atoms with Crippen molar-refractivity contribution in [3.8, 4) is 0 Å². The van der Waals surface area contributed by atoms with Crippen LogP contribution in [0.1, 0.15) is 50.4 Å². The number of nitrogens with zero attached hydrogens (tertiary/aromatic N) is 1. The normalized spacial score (nSPS) is 15.5. The number of hydrogen-bond acceptors (Lipinski definition) is 5. The van der Waals surface area contributed by atoms with E-state index in [4.69, 9.17) is 0 Å². The summed E-state index contributed by atoms with van der Waals surface area (Å²) in [4.78, 5) is 38.6. The van der Waals surface area contributed by atoms with Crippen molar-refractivity contribution in [2.24, 2.45) is 5.92 Å². The first kappa shape index (κ1) is 29.1. The molecule has 1 aliphatic heterocycles. The third kappa shape index (κ3) is 8.25. The summed E-state index contributed by atoms with van der Waals surface area (Å²) in [5.41, 5.74) is -0.139. The lowest BCUT2D eigenvalue weighted by Gasteiger charge is -2.32. The predicted molar refractivity (Wildman–Crippen MR) is 140 cm³/mol. The fourth-order valence-electron chi connectivity index (χ4n) is 4.18. The number of carbonyl (C=O) groups excluding carboxylic acids is 2. The highest BCUT2D eigenvalue weighted by Gasteiger charge is 2.29. The fourth-order valence-corrected chi connectivity index (χ4v) is 5.59. The van der Waals surface area contributed by atoms with E-state index in [1.54, 1.807) is 20.8 Å². The highest BCUT2D eigenvalue weighted by molar-refractivity contribution is 7.89. The number of halogens is 1. The SMILES string of the molecule is CC(C)(C)NS(=O)(=O)c1ccc(NC(=O)C(CC2CCN(C(=O)O)CC2)NC(=O)c2ccc(F)cc2)cc1. The van der Waals surface area contributed by atoms with Gasteiger partial charge < -0.3 is 20.6 Å². The number of anilines is 1. The molecule has 0 aromatic heterocycles. The van der Waals surface area contributed by atoms with Crippen LogP contribution in [0.4, 0.5) is 14.9 Å². The van der Waals surface area contributed by atoms with Gasteiger partial charge in [-0.05, 0) is 94.5 Å². The first-order valence-corrected chi connectivity index (χ1v) is 13.7. The van der Waals surface area contributed by atoms with Crippen molar-refractivity contribution in [3.05, 3.63) is 59.9 Å². The maximum atomic E-state index is 13.3. The summed E-state index contributed by atoms with van der Waals surface area (Å²) in [5.74, 6) is -1.57. The van der Waals surface area contributed by atoms with Gasteiger partial charge in [0.25, 0.3) is 5.91 Å². The molecule has 3 amide bonds. The summed E-state index contributed by atoms with van der Waals surface area (Å²) in [6.07, 6.45) is 0.352. The van der Waals surface area contributed by atoms with Crippen LogP contribution in [0.5, 0.6) is 0 Å². The maximum Gasteiger partial charge on any atom is 0.407 e. The molecule has 1 fully saturated rings. The second-order valence-corrected chi connectivity index (χ2v) is 12.0. The number of nitrogens with one attached hydrogen (secondary N) is 3. The zero-order chi connectivity index (χ0) is 28.1. The Hall–Kier alpha value is -3.51. The molecular formula is C26H33FN4O6S. The van der Waals surface area contributed by atoms with Gasteiger partial charge in [-0.3, -0.25) is 9.59 Å². The Bertz CT molecular complexity index is 1250. The Morgan fingerprint density at radius 2 is 1.61 bits per heavy atom. The smallest absolute Gasteiger partial charge is 0.407 e. The molecule has 10 nitrogen and oxygen atoms in total. The average molecular weight is 549 g/mol. The van der Waals surface area contributed by atoms with E-state index in [1.807, 2.05) is 0 Å². The Morgan fingerprint density at radius 1 is 1.03 bits per heavy atom. The molecule has 0 saturated carbocycles. The van der Waals surface area contributed by atoms with Gasteiger partial charge in [0.15, 0.2) is 0 Å². The Balaban J connectivity index is 1.73. The number of carbonyl (C=O) groups is 3. The first-order chi connectivity index (χ1) is 17.7. The van der Waals surface area contributed by atoms with Gasteiger partial charge in [0.1, 0.15) is 11.9 Å². The zero-order valence-electron chi connectivity index (χ0n) is 21.5. The van der Waals surface area contributed by atoms with Crippen LogP contribution in [-0.2, 0) is 14.8 Å². The molecule has 1 saturated heterocycles. The Kier molecular flexibility index (Phi) is 9.10. The van der Waals surface area contributed by atoms with Crippen molar-refractivity contribution in [3.63, 3.8) is 0 Å². The number of sulfonamides is 1. The van der Waals surface area contributed by atoms with Crippen LogP contribution in [0.3, 0.4) is 0 Å². The van der Waals surface area contributed by atoms with Crippen molar-refractivity contribution >= 4 is 33.6 Å². The molecular weight excluding hydrogens is 515 g/mol. The summed E-state index contributed by atoms with van der Waals surface area (Å²) < 4.78 is 40.9. The van der Waals surface area contributed by atoms with E-state index in [1.165, 1.54) is 41.3 Å². The molecule has 0 bridgehead atoms. The quantitative estimate of drug-likeness (QED) is 0.398. The molecule has 1 aliphatic rings. The van der Waals surface area contributed by atoms with Gasteiger partial charge in [0.2, 0.25) is 15.9 Å². The lowest BCUT2D eigenvalue weighted by Crippen LogP contribution is -2.46. The van der Waals surface area contributed by atoms with Crippen LogP contribution in [0.25, 0.3) is 0 Å². The van der Waals surface area contributed by atoms with E-state index in [2.05, 4.69) is 15.4 Å². The van der Waals surface area contributed by atoms with Gasteiger partial charge >= 0.3 is 6.09 Å². The van der Waals surface area contributed by atoms with Crippen LogP contribution in [0.2, 0.25) is 0 Å². The van der Waals surface area contributed by atoms with Gasteiger partial charge in [0.05, 0.1) is 4.90 Å². The summed E-state index contributed by atoms with van der Waals surface area (Å²) in [7, 11) is -3.75. The van der Waals surface area contributed by atoms with Crippen LogP contribution in [0, 0.1) is 11.7 Å². The topological polar surface area (TPSA) is 145 Å². The number of piperidine rings is 1. The number of likely N-dealkylation sites (tertiary alicyclic amines) is 1. The number of hydrogen-bond donors (Lipinski definition) is 4. The fraction of sp³-hybridized carbons (Fsp3) is 0.423. The molecule has 3 rings (SSSR count). The molecule has 38 heavy (non-hydrogen) atoms. The second kappa shape index (κ2) is 11.9. The Morgan fingerprint density at radius 3 is 2.13 bits per heavy atom. The molecule has 0 radical (unpaired) electrons. The van der Waals surface area contributed by atoms with Gasteiger partial charge in [-0.25, -0.2) is 22.3 Å². The number of amides is 3. The molecule has 2 aromatic rings. The van der Waals surface area contributed by atoms with Crippen molar-refractivity contribution in [1.29, 1.82) is 0 Å². The number of carboxylic acid groups (broad SMARTS) is 1. The lowest BCUT2D eigenvalue weighted by atomic mass is 9.89. The summed E-state index contributed by atoms with van der Waals surface area (Å²) in [5, 5.41) is 14.6. The van der Waals surface area contributed by atoms with Crippen molar-refractivity contribution < 1.29 is 32.3 Å². The van der Waals surface area contributed by atoms with E-state index < -0.39 is 45.3 Å². The van der Waals surface area contributed by atoms with Crippen molar-refractivity contribution in [1.82, 2.24) is 14.9 Å². The van der Waals surface area contributed by atoms with Gasteiger partial charge in [-0.1, -0.05) is 0 Å². The molecule has 0 aliphatic carbocycles. The van der Waals surface area contributed by atoms with Gasteiger partial charge in [-0.2, -0.15) is 0 Å². The van der Waals surface area contributed by atoms with E-state index in [0.717, 1.165) is 12.1 Å². The standard InChI is InChI=1S/C26H33FN4O6S/c1-26(2,3)30-38(36,37)21-10-8-20(9-11-21)28-24(33)22(16-17-12-14-31(15-13-17)25(34)35)29-23(32)18-4-6-19(27)7-5-18/h4-11,17,22,30H,12-16H2,1-3H3,(H,28,33)(H,29,32)(H,34,35). The summed E-state index contributed by atoms with van der Waals surface area (Å²) >= 11 is 0. The minimum absolute atomic E-state index is 0.00846. The Labute approximate surface area is 221 Å². The average Bonchev–Trinajstić information content (AvgIpc) is 2.83. The molecule has 206 valence electrons. The van der Waals surface area contributed by atoms with E-state index in [-0.39, 0.29) is 22.8 Å². The third-order valence-electron chi connectivity index (χ3n) is 6.06. The van der Waals surface area contributed by atoms with E-state index in [0.29, 0.717) is 31.6 Å². The van der Waals surface area contributed by atoms with Crippen LogP contribution < -0.4 is 15.4 Å². The predicted octanol–water partition coefficient (Wildman–Crippen LogP) is 3.42. The second-order valence-electron chi connectivity index (χ2n) is 10.4. The first-order valence-electron chi connectivity index (χ1n) is 12.2. The van der Waals surface area contributed by atoms with Crippen molar-refractivity contribution in [2.75, 3.05) is 18.4 Å². The van der Waals surface area contributed by atoms with Crippen LogP contribution >= 0.6 is 0 Å². The van der Waals surface area contributed by atoms with E-state index in [9.17, 15) is 32.3 Å². The molecule has 1 atom stereocenters. The zero-order valence-corrected chi connectivity index (χ0v) is 22.3. The molecule has 1 heterocycles. The molecule has 1 unspecified atom stereocenters. The van der Waals surface area contributed by atoms with Gasteiger partial charge in [-0.15, -0.1) is 0 Å². The summed E-state index contributed by atoms with van der Waals surface area (Å²) in [6.45, 7) is 5.85. The monoisotopic (exact) mass is 548 g/mol. The van der Waals surface area contributed by atoms with Gasteiger partial charge in [0, 0.05) is 29.9 Å². The maximum absolute atomic E-state index is 13.3. The highest BCUT2D eigenvalue weighted by atomic mass is 32.2. The third-order valence-corrected chi connectivity index (χ3v) is 7.83. The minimum atomic E-state index is -3.75. The molecule has 2 aromatic carbocycles. The lowest BCUT2D eigenvalue weighted by molar-refractivity contribution is -0.118. The van der Waals surface area contributed by atoms with E-state index >= 15 is 0 Å². The van der Waals surface area contributed by atoms with Crippen LogP contribution in [0.15, 0.2) is 53.4 Å². The molecule has 12 heteroatoms. The summed E-state index contributed by atoms with van der Waals surface area (Å²) in [6, 6.07) is 9.63. The van der Waals surface area contributed by atoms with Crippen molar-refractivity contribution in [2.45, 2.75) is 56.5 Å². The largest absolute Gasteiger partial charge is 0.465 e. The minimum Gasteiger partial charge on any atom is -0.465 e. The number of rotatable bonds is 8. The molecule has 0 spiro atoms.